The third-order valence-electron chi connectivity index (χ3n) is 4.06. The van der Waals surface area contributed by atoms with Crippen LogP contribution in [0.4, 0.5) is 0 Å². The van der Waals surface area contributed by atoms with E-state index in [1.54, 1.807) is 17.0 Å². The molecule has 1 aromatic carbocycles. The fourth-order valence-corrected chi connectivity index (χ4v) is 3.11. The number of aliphatic carboxylic acids is 1. The largest absolute Gasteiger partial charge is 0.490 e. The van der Waals surface area contributed by atoms with Crippen molar-refractivity contribution in [2.45, 2.75) is 33.1 Å². The monoisotopic (exact) mass is 369 g/mol. The minimum absolute atomic E-state index is 0.212. The van der Waals surface area contributed by atoms with Crippen LogP contribution in [-0.4, -0.2) is 48.2 Å². The molecule has 0 radical (unpaired) electrons. The second kappa shape index (κ2) is 8.94. The van der Waals surface area contributed by atoms with Crippen molar-refractivity contribution in [2.24, 2.45) is 5.92 Å². The molecule has 2 rings (SSSR count). The van der Waals surface area contributed by atoms with Crippen LogP contribution < -0.4 is 9.47 Å². The Morgan fingerprint density at radius 1 is 1.32 bits per heavy atom. The third kappa shape index (κ3) is 4.78. The molecule has 138 valence electrons. The van der Waals surface area contributed by atoms with E-state index in [1.807, 2.05) is 13.8 Å². The highest BCUT2D eigenvalue weighted by atomic mass is 35.5. The van der Waals surface area contributed by atoms with Crippen LogP contribution >= 0.6 is 11.6 Å². The summed E-state index contributed by atoms with van der Waals surface area (Å²) in [5.41, 5.74) is 0.378. The molecule has 1 saturated heterocycles. The summed E-state index contributed by atoms with van der Waals surface area (Å²) in [4.78, 5) is 25.5. The van der Waals surface area contributed by atoms with Crippen molar-refractivity contribution < 1.29 is 24.2 Å². The van der Waals surface area contributed by atoms with Gasteiger partial charge in [0.05, 0.1) is 24.2 Å². The molecule has 0 bridgehead atoms. The van der Waals surface area contributed by atoms with E-state index in [9.17, 15) is 14.7 Å². The highest BCUT2D eigenvalue weighted by molar-refractivity contribution is 6.32. The summed E-state index contributed by atoms with van der Waals surface area (Å²) < 4.78 is 11.2. The lowest BCUT2D eigenvalue weighted by molar-refractivity contribution is -0.143. The van der Waals surface area contributed by atoms with E-state index in [0.717, 1.165) is 6.42 Å². The van der Waals surface area contributed by atoms with Gasteiger partial charge in [0.2, 0.25) is 0 Å². The molecular weight excluding hydrogens is 346 g/mol. The van der Waals surface area contributed by atoms with Crippen molar-refractivity contribution in [2.75, 3.05) is 26.3 Å². The maximum absolute atomic E-state index is 12.8. The Labute approximate surface area is 152 Å². The lowest BCUT2D eigenvalue weighted by Crippen LogP contribution is -2.42. The first-order chi connectivity index (χ1) is 12.0. The first-order valence-electron chi connectivity index (χ1n) is 8.59. The van der Waals surface area contributed by atoms with Crippen LogP contribution in [0.3, 0.4) is 0 Å². The van der Waals surface area contributed by atoms with Crippen LogP contribution in [0.25, 0.3) is 0 Å². The summed E-state index contributed by atoms with van der Waals surface area (Å²) in [6.07, 6.45) is 2.09. The Morgan fingerprint density at radius 2 is 2.08 bits per heavy atom. The average molecular weight is 370 g/mol. The molecule has 25 heavy (non-hydrogen) atoms. The molecule has 1 aliphatic rings. The predicted molar refractivity (Wildman–Crippen MR) is 94.7 cm³/mol. The van der Waals surface area contributed by atoms with Crippen LogP contribution in [0.5, 0.6) is 11.5 Å². The number of hydrogen-bond acceptors (Lipinski definition) is 4. The maximum Gasteiger partial charge on any atom is 0.308 e. The first-order valence-corrected chi connectivity index (χ1v) is 8.96. The molecule has 1 unspecified atom stereocenters. The van der Waals surface area contributed by atoms with Crippen molar-refractivity contribution in [3.63, 3.8) is 0 Å². The predicted octanol–water partition coefficient (Wildman–Crippen LogP) is 3.46. The number of rotatable bonds is 7. The van der Waals surface area contributed by atoms with Gasteiger partial charge in [-0.3, -0.25) is 9.59 Å². The van der Waals surface area contributed by atoms with Crippen molar-refractivity contribution >= 4 is 23.5 Å². The van der Waals surface area contributed by atoms with E-state index >= 15 is 0 Å². The molecule has 1 atom stereocenters. The van der Waals surface area contributed by atoms with Gasteiger partial charge in [0.25, 0.3) is 5.91 Å². The highest BCUT2D eigenvalue weighted by Crippen LogP contribution is 2.37. The number of ether oxygens (including phenoxy) is 2. The molecule has 7 heteroatoms. The Bertz CT molecular complexity index is 634. The van der Waals surface area contributed by atoms with E-state index in [4.69, 9.17) is 21.1 Å². The van der Waals surface area contributed by atoms with Gasteiger partial charge in [-0.05, 0) is 38.3 Å². The van der Waals surface area contributed by atoms with E-state index in [1.165, 1.54) is 0 Å². The van der Waals surface area contributed by atoms with Crippen LogP contribution in [-0.2, 0) is 4.79 Å². The average Bonchev–Trinajstić information content (AvgIpc) is 2.60. The molecule has 0 aliphatic carbocycles. The quantitative estimate of drug-likeness (QED) is 0.796. The molecule has 0 aromatic heterocycles. The zero-order valence-corrected chi connectivity index (χ0v) is 15.3. The minimum atomic E-state index is -0.867. The van der Waals surface area contributed by atoms with Crippen LogP contribution in [0.1, 0.15) is 43.5 Å². The second-order valence-corrected chi connectivity index (χ2v) is 6.40. The zero-order valence-electron chi connectivity index (χ0n) is 14.6. The smallest absolute Gasteiger partial charge is 0.308 e. The van der Waals surface area contributed by atoms with Crippen molar-refractivity contribution in [3.8, 4) is 11.5 Å². The van der Waals surface area contributed by atoms with Gasteiger partial charge in [0.1, 0.15) is 0 Å². The Balaban J connectivity index is 2.25. The van der Waals surface area contributed by atoms with E-state index in [0.29, 0.717) is 54.7 Å². The van der Waals surface area contributed by atoms with Crippen molar-refractivity contribution in [1.29, 1.82) is 0 Å². The summed E-state index contributed by atoms with van der Waals surface area (Å²) in [6.45, 7) is 5.50. The maximum atomic E-state index is 12.8. The van der Waals surface area contributed by atoms with Gasteiger partial charge in [-0.2, -0.15) is 0 Å². The third-order valence-corrected chi connectivity index (χ3v) is 4.35. The topological polar surface area (TPSA) is 76.1 Å². The van der Waals surface area contributed by atoms with E-state index in [2.05, 4.69) is 0 Å². The summed E-state index contributed by atoms with van der Waals surface area (Å²) in [6, 6.07) is 3.18. The fraction of sp³-hybridized carbons (Fsp3) is 0.556. The van der Waals surface area contributed by atoms with Crippen LogP contribution in [0.15, 0.2) is 12.1 Å². The molecule has 6 nitrogen and oxygen atoms in total. The minimum Gasteiger partial charge on any atom is -0.490 e. The standard InChI is InChI=1S/C18H24ClNO5/c1-3-8-25-16-14(19)9-13(10-15(16)24-4-2)17(21)20-7-5-6-12(11-20)18(22)23/h9-10,12H,3-8,11H2,1-2H3,(H,22,23). The van der Waals surface area contributed by atoms with Crippen molar-refractivity contribution in [3.05, 3.63) is 22.7 Å². The lowest BCUT2D eigenvalue weighted by atomic mass is 9.97. The number of carbonyl (C=O) groups is 2. The summed E-state index contributed by atoms with van der Waals surface area (Å²) in [5, 5.41) is 9.50. The Hall–Kier alpha value is -1.95. The van der Waals surface area contributed by atoms with Gasteiger partial charge in [0.15, 0.2) is 11.5 Å². The number of likely N-dealkylation sites (tertiary alicyclic amines) is 1. The number of hydrogen-bond donors (Lipinski definition) is 1. The van der Waals surface area contributed by atoms with E-state index in [-0.39, 0.29) is 12.5 Å². The fourth-order valence-electron chi connectivity index (χ4n) is 2.84. The lowest BCUT2D eigenvalue weighted by Gasteiger charge is -2.31. The molecule has 1 aromatic rings. The van der Waals surface area contributed by atoms with Gasteiger partial charge in [-0.1, -0.05) is 18.5 Å². The summed E-state index contributed by atoms with van der Waals surface area (Å²) >= 11 is 6.30. The van der Waals surface area contributed by atoms with Crippen LogP contribution in [0.2, 0.25) is 5.02 Å². The number of carboxylic acids is 1. The van der Waals surface area contributed by atoms with Gasteiger partial charge in [0, 0.05) is 18.7 Å². The van der Waals surface area contributed by atoms with Crippen LogP contribution in [0, 0.1) is 5.92 Å². The number of carbonyl (C=O) groups excluding carboxylic acids is 1. The number of amides is 1. The van der Waals surface area contributed by atoms with E-state index < -0.39 is 11.9 Å². The number of nitrogens with zero attached hydrogens (tertiary/aromatic N) is 1. The number of piperidine rings is 1. The number of carboxylic acid groups (broad SMARTS) is 1. The molecule has 1 aliphatic heterocycles. The van der Waals surface area contributed by atoms with Gasteiger partial charge >= 0.3 is 5.97 Å². The first kappa shape index (κ1) is 19.4. The number of benzene rings is 1. The van der Waals surface area contributed by atoms with Gasteiger partial charge < -0.3 is 19.5 Å². The van der Waals surface area contributed by atoms with Gasteiger partial charge in [-0.25, -0.2) is 0 Å². The molecular formula is C18H24ClNO5. The summed E-state index contributed by atoms with van der Waals surface area (Å²) in [7, 11) is 0. The summed E-state index contributed by atoms with van der Waals surface area (Å²) in [5.74, 6) is -0.765. The molecule has 1 amide bonds. The molecule has 0 spiro atoms. The molecule has 1 N–H and O–H groups in total. The van der Waals surface area contributed by atoms with Gasteiger partial charge in [-0.15, -0.1) is 0 Å². The molecule has 1 heterocycles. The molecule has 1 fully saturated rings. The van der Waals surface area contributed by atoms with Crippen molar-refractivity contribution in [1.82, 2.24) is 4.90 Å². The molecule has 0 saturated carbocycles. The Kier molecular flexibility index (Phi) is 6.93. The number of halogens is 1. The zero-order chi connectivity index (χ0) is 18.4. The Morgan fingerprint density at radius 3 is 2.72 bits per heavy atom. The SMILES string of the molecule is CCCOc1c(Cl)cc(C(=O)N2CCCC(C(=O)O)C2)cc1OCC. The second-order valence-electron chi connectivity index (χ2n) is 6.00. The normalized spacial score (nSPS) is 17.2. The highest BCUT2D eigenvalue weighted by Gasteiger charge is 2.29.